The highest BCUT2D eigenvalue weighted by Crippen LogP contribution is 2.50. The fourth-order valence-corrected chi connectivity index (χ4v) is 35.3. The first-order valence-corrected chi connectivity index (χ1v) is 48.0. The average molecular weight is 1460 g/mol. The summed E-state index contributed by atoms with van der Waals surface area (Å²) >= 11 is 0. The van der Waals surface area contributed by atoms with E-state index in [9.17, 15) is 0 Å². The Bertz CT molecular complexity index is 1480. The van der Waals surface area contributed by atoms with Gasteiger partial charge < -0.3 is 53.4 Å². The molecule has 94 heavy (non-hydrogen) atoms. The van der Waals surface area contributed by atoms with E-state index < -0.39 is 43.1 Å². The quantitative estimate of drug-likeness (QED) is 0.0435. The van der Waals surface area contributed by atoms with E-state index in [0.29, 0.717) is 29.2 Å². The maximum atomic E-state index is 6.19. The van der Waals surface area contributed by atoms with Crippen molar-refractivity contribution in [3.05, 3.63) is 0 Å². The van der Waals surface area contributed by atoms with Crippen LogP contribution in [0.25, 0.3) is 0 Å². The van der Waals surface area contributed by atoms with Gasteiger partial charge in [0.05, 0.1) is 26.4 Å². The third-order valence-corrected chi connectivity index (χ3v) is 39.5. The third-order valence-electron chi connectivity index (χ3n) is 14.3. The molecule has 0 aromatic carbocycles. The third kappa shape index (κ3) is 51.4. The summed E-state index contributed by atoms with van der Waals surface area (Å²) in [5.41, 5.74) is 7.59. The van der Waals surface area contributed by atoms with Crippen LogP contribution < -0.4 is 0 Å². The molecule has 0 aliphatic rings. The van der Waals surface area contributed by atoms with Crippen molar-refractivity contribution in [3.8, 4) is 0 Å². The van der Waals surface area contributed by atoms with Gasteiger partial charge in [0.1, 0.15) is 0 Å². The van der Waals surface area contributed by atoms with E-state index in [2.05, 4.69) is 213 Å². The van der Waals surface area contributed by atoms with Crippen LogP contribution in [-0.2, 0) is 53.4 Å². The van der Waals surface area contributed by atoms with E-state index in [1.54, 1.807) is 0 Å². The van der Waals surface area contributed by atoms with Crippen LogP contribution in [0.1, 0.15) is 346 Å². The van der Waals surface area contributed by atoms with Crippen molar-refractivity contribution in [3.63, 3.8) is 0 Å². The lowest BCUT2D eigenvalue weighted by Crippen LogP contribution is -2.54. The molecule has 0 aromatic rings. The molecule has 0 aliphatic carbocycles. The molecule has 0 rings (SSSR count). The molecule has 0 aliphatic heterocycles. The SMILES string of the molecule is CC(C)N(C(C)C)C(C)C.CC(C)OP(OC(C)C)OC(C)C.CC(C)O[Si](OC(C)C)(C(C)C)C(C)C.CC(C)O[Si](OC(C)C)(OC(C)C)C(C)C.CC(C)O[Si](OC(C)C)(OC(C)C)OC(C)C.CC(C)P(C(C)C)C(C)C.CC(C)[Si](C(C)C)(C(C)C)C(C)C. The Kier molecular flexibility index (Phi) is 64.4. The molecule has 0 amide bonds. The van der Waals surface area contributed by atoms with Gasteiger partial charge in [-0.05, 0) is 236 Å². The first-order chi connectivity index (χ1) is 42.2. The predicted octanol–water partition coefficient (Wildman–Crippen LogP) is 25.6. The van der Waals surface area contributed by atoms with Crippen molar-refractivity contribution in [2.24, 2.45) is 0 Å². The average Bonchev–Trinajstić information content (AvgIpc) is 0.809. The van der Waals surface area contributed by atoms with Gasteiger partial charge in [-0.1, -0.05) is 169 Å². The summed E-state index contributed by atoms with van der Waals surface area (Å²) in [6, 6.07) is 2.00. The van der Waals surface area contributed by atoms with Crippen LogP contribution in [0.4, 0.5) is 0 Å². The zero-order valence-corrected chi connectivity index (χ0v) is 78.5. The van der Waals surface area contributed by atoms with Crippen molar-refractivity contribution in [1.29, 1.82) is 0 Å². The fraction of sp³-hybridized carbons (Fsp3) is 1.00. The summed E-state index contributed by atoms with van der Waals surface area (Å²) in [7, 11) is -9.71. The lowest BCUT2D eigenvalue weighted by atomic mass is 10.2. The Morgan fingerprint density at radius 1 is 0.213 bits per heavy atom. The molecular formula is C75H175NO12P2Si4. The minimum Gasteiger partial charge on any atom is -0.391 e. The maximum absolute atomic E-state index is 6.19. The normalized spacial score (nSPS) is 13.2. The van der Waals surface area contributed by atoms with Gasteiger partial charge in [0.15, 0.2) is 0 Å². The molecule has 578 valence electrons. The van der Waals surface area contributed by atoms with Crippen LogP contribution in [0.3, 0.4) is 0 Å². The molecule has 0 aromatic heterocycles. The van der Waals surface area contributed by atoms with Gasteiger partial charge >= 0.3 is 35.0 Å². The molecule has 0 heterocycles. The van der Waals surface area contributed by atoms with E-state index in [1.165, 1.54) is 0 Å². The highest BCUT2D eigenvalue weighted by molar-refractivity contribution is 7.59. The summed E-state index contributed by atoms with van der Waals surface area (Å²) in [5.74, 6) is 0. The standard InChI is InChI=1S/C12H28O4Si.C12H28O3Si.C12H28O2Si.C12H28Si.C9H21N.C9H21O3P.C9H21P/c1-9(2)13-17(14-10(3)4,15-11(5)6)16-12(7)8;1-9(2)13-16(12(7)8,14-10(3)4)15-11(5)6;1-9(2)13-15(11(5)6,12(7)8)14-10(3)4;1-9(2)13(10(3)4,11(5)6)12(7)8;1-7(2)10(8(3)4)9(5)6;1-7(2)10-13(11-8(3)4)12-9(5)6;1-7(2)10(8(3)4)9(5)6/h9-12H,1-8H3;9-12H,1-8H3;9-12H,1-8H3;9-12H,1-8H3;7-9H,1-6H3;7-9H,1-6H3;7-9H,1-6H3. The molecule has 0 saturated heterocycles. The molecule has 0 fully saturated rings. The summed E-state index contributed by atoms with van der Waals surface area (Å²) in [6.45, 7) is 108. The topological polar surface area (TPSA) is 114 Å². The van der Waals surface area contributed by atoms with Crippen LogP contribution in [0.2, 0.25) is 38.8 Å². The highest BCUT2D eigenvalue weighted by atomic mass is 31.2. The Hall–Kier alpha value is 1.21. The molecule has 0 atom stereocenters. The molecule has 0 unspecified atom stereocenters. The van der Waals surface area contributed by atoms with Crippen molar-refractivity contribution in [1.82, 2.24) is 4.90 Å². The van der Waals surface area contributed by atoms with Gasteiger partial charge in [-0.15, -0.1) is 0 Å². The van der Waals surface area contributed by atoms with Gasteiger partial charge in [0, 0.05) is 78.6 Å². The van der Waals surface area contributed by atoms with Crippen LogP contribution in [0.15, 0.2) is 0 Å². The Labute approximate surface area is 599 Å². The number of hydrogen-bond donors (Lipinski definition) is 0. The zero-order chi connectivity index (χ0) is 76.7. The fourth-order valence-electron chi connectivity index (χ4n) is 12.9. The largest absolute Gasteiger partial charge is 0.680 e. The molecule has 13 nitrogen and oxygen atoms in total. The second kappa shape index (κ2) is 55.7. The minimum atomic E-state index is -3.05. The van der Waals surface area contributed by atoms with E-state index in [-0.39, 0.29) is 86.7 Å². The molecule has 0 radical (unpaired) electrons. The van der Waals surface area contributed by atoms with Gasteiger partial charge in [-0.3, -0.25) is 4.90 Å². The van der Waals surface area contributed by atoms with E-state index >= 15 is 0 Å². The second-order valence-corrected chi connectivity index (χ2v) is 53.5. The van der Waals surface area contributed by atoms with Crippen LogP contribution in [-0.4, -0.2) is 148 Å². The Morgan fingerprint density at radius 2 is 0.404 bits per heavy atom. The molecule has 0 bridgehead atoms. The smallest absolute Gasteiger partial charge is 0.391 e. The summed E-state index contributed by atoms with van der Waals surface area (Å²) < 4.78 is 70.3. The lowest BCUT2D eigenvalue weighted by molar-refractivity contribution is -0.0859. The van der Waals surface area contributed by atoms with Crippen molar-refractivity contribution in [2.45, 2.75) is 493 Å². The number of rotatable bonds is 37. The summed E-state index contributed by atoms with van der Waals surface area (Å²) in [4.78, 5) is 2.50. The molecule has 19 heteroatoms. The first-order valence-electron chi connectivity index (χ1n) is 37.7. The second-order valence-electron chi connectivity index (χ2n) is 32.6. The highest BCUT2D eigenvalue weighted by Gasteiger charge is 2.51. The monoisotopic (exact) mass is 1460 g/mol. The van der Waals surface area contributed by atoms with Gasteiger partial charge in [-0.2, -0.15) is 0 Å². The van der Waals surface area contributed by atoms with E-state index in [4.69, 9.17) is 53.4 Å². The minimum absolute atomic E-state index is 0.0120. The molecule has 0 saturated carbocycles. The van der Waals surface area contributed by atoms with Crippen molar-refractivity contribution in [2.75, 3.05) is 0 Å². The van der Waals surface area contributed by atoms with Crippen LogP contribution in [0.5, 0.6) is 0 Å². The molecule has 0 N–H and O–H groups in total. The van der Waals surface area contributed by atoms with Gasteiger partial charge in [-0.25, -0.2) is 0 Å². The Balaban J connectivity index is -0.000000189. The lowest BCUT2D eigenvalue weighted by Gasteiger charge is -2.46. The van der Waals surface area contributed by atoms with Crippen LogP contribution in [0, 0.1) is 0 Å². The molecule has 0 spiro atoms. The summed E-state index contributed by atoms with van der Waals surface area (Å²) in [6.07, 6.45) is 1.37. The van der Waals surface area contributed by atoms with Gasteiger partial charge in [0.2, 0.25) is 0 Å². The zero-order valence-electron chi connectivity index (χ0n) is 72.7. The number of nitrogens with zero attached hydrogens (tertiary/aromatic N) is 1. The molecular weight excluding hydrogens is 1280 g/mol. The van der Waals surface area contributed by atoms with Crippen LogP contribution >= 0.6 is 16.5 Å². The van der Waals surface area contributed by atoms with E-state index in [1.807, 2.05) is 138 Å². The van der Waals surface area contributed by atoms with Gasteiger partial charge in [0.25, 0.3) is 0 Å². The van der Waals surface area contributed by atoms with E-state index in [0.717, 1.165) is 39.1 Å². The predicted molar refractivity (Wildman–Crippen MR) is 430 cm³/mol. The maximum Gasteiger partial charge on any atom is 0.680 e. The Morgan fingerprint density at radius 3 is 0.489 bits per heavy atom. The van der Waals surface area contributed by atoms with Crippen molar-refractivity contribution >= 4 is 51.0 Å². The number of hydrogen-bond acceptors (Lipinski definition) is 13. The van der Waals surface area contributed by atoms with Crippen molar-refractivity contribution < 1.29 is 53.4 Å². The first kappa shape index (κ1) is 109. The summed E-state index contributed by atoms with van der Waals surface area (Å²) in [5, 5.41) is 0.